The van der Waals surface area contributed by atoms with Gasteiger partial charge in [0.05, 0.1) is 0 Å². The van der Waals surface area contributed by atoms with Gasteiger partial charge in [0.1, 0.15) is 6.04 Å². The van der Waals surface area contributed by atoms with Crippen molar-refractivity contribution in [3.05, 3.63) is 34.4 Å². The average molecular weight is 294 g/mol. The van der Waals surface area contributed by atoms with E-state index in [0.717, 1.165) is 6.07 Å². The molecule has 0 aliphatic carbocycles. The van der Waals surface area contributed by atoms with Crippen molar-refractivity contribution in [1.82, 2.24) is 10.2 Å². The molecule has 0 spiro atoms. The van der Waals surface area contributed by atoms with Crippen LogP contribution in [0.3, 0.4) is 0 Å². The lowest BCUT2D eigenvalue weighted by Crippen LogP contribution is -2.52. The SMILES string of the molecule is Cc1c(F)c(F)cc2c1CN(C1CCC(=O)NC1=O)C2=O. The number of amides is 3. The molecule has 0 saturated carbocycles. The number of nitrogens with zero attached hydrogens (tertiary/aromatic N) is 1. The summed E-state index contributed by atoms with van der Waals surface area (Å²) >= 11 is 0. The maximum Gasteiger partial charge on any atom is 0.255 e. The molecule has 1 atom stereocenters. The van der Waals surface area contributed by atoms with Gasteiger partial charge in [-0.1, -0.05) is 0 Å². The van der Waals surface area contributed by atoms with Crippen molar-refractivity contribution >= 4 is 17.7 Å². The molecule has 1 saturated heterocycles. The van der Waals surface area contributed by atoms with Crippen LogP contribution in [0.4, 0.5) is 8.78 Å². The van der Waals surface area contributed by atoms with E-state index in [4.69, 9.17) is 0 Å². The van der Waals surface area contributed by atoms with Gasteiger partial charge in [-0.2, -0.15) is 0 Å². The van der Waals surface area contributed by atoms with Crippen LogP contribution in [-0.4, -0.2) is 28.7 Å². The Labute approximate surface area is 118 Å². The molecule has 7 heteroatoms. The first-order valence-electron chi connectivity index (χ1n) is 6.52. The maximum absolute atomic E-state index is 13.6. The van der Waals surface area contributed by atoms with Crippen LogP contribution >= 0.6 is 0 Å². The highest BCUT2D eigenvalue weighted by atomic mass is 19.2. The summed E-state index contributed by atoms with van der Waals surface area (Å²) in [5.74, 6) is -3.50. The predicted molar refractivity (Wildman–Crippen MR) is 67.1 cm³/mol. The molecule has 0 aromatic heterocycles. The summed E-state index contributed by atoms with van der Waals surface area (Å²) in [5.41, 5.74) is 0.549. The van der Waals surface area contributed by atoms with Crippen molar-refractivity contribution in [1.29, 1.82) is 0 Å². The highest BCUT2D eigenvalue weighted by molar-refractivity contribution is 6.05. The molecule has 1 fully saturated rings. The van der Waals surface area contributed by atoms with Gasteiger partial charge in [-0.15, -0.1) is 0 Å². The highest BCUT2D eigenvalue weighted by Gasteiger charge is 2.40. The minimum absolute atomic E-state index is 0.0451. The van der Waals surface area contributed by atoms with E-state index in [0.29, 0.717) is 5.56 Å². The molecule has 1 unspecified atom stereocenters. The second-order valence-electron chi connectivity index (χ2n) is 5.22. The van der Waals surface area contributed by atoms with E-state index in [2.05, 4.69) is 5.32 Å². The van der Waals surface area contributed by atoms with Gasteiger partial charge in [0.2, 0.25) is 11.8 Å². The predicted octanol–water partition coefficient (Wildman–Crippen LogP) is 1.03. The molecule has 3 rings (SSSR count). The molecule has 110 valence electrons. The topological polar surface area (TPSA) is 66.5 Å². The lowest BCUT2D eigenvalue weighted by Gasteiger charge is -2.29. The number of carbonyl (C=O) groups is 3. The Bertz CT molecular complexity index is 687. The summed E-state index contributed by atoms with van der Waals surface area (Å²) < 4.78 is 27.0. The van der Waals surface area contributed by atoms with Gasteiger partial charge >= 0.3 is 0 Å². The van der Waals surface area contributed by atoms with Crippen molar-refractivity contribution in [3.63, 3.8) is 0 Å². The Hall–Kier alpha value is -2.31. The Morgan fingerprint density at radius 3 is 2.67 bits per heavy atom. The fourth-order valence-electron chi connectivity index (χ4n) is 2.81. The van der Waals surface area contributed by atoms with Crippen LogP contribution in [0.15, 0.2) is 6.07 Å². The fraction of sp³-hybridized carbons (Fsp3) is 0.357. The van der Waals surface area contributed by atoms with E-state index in [1.54, 1.807) is 0 Å². The number of hydrogen-bond acceptors (Lipinski definition) is 3. The molecule has 2 aliphatic rings. The van der Waals surface area contributed by atoms with E-state index in [9.17, 15) is 23.2 Å². The lowest BCUT2D eigenvalue weighted by atomic mass is 10.0. The third-order valence-electron chi connectivity index (χ3n) is 3.99. The molecule has 3 amide bonds. The number of carbonyl (C=O) groups excluding carboxylic acids is 3. The number of halogens is 2. The van der Waals surface area contributed by atoms with E-state index in [1.165, 1.54) is 11.8 Å². The van der Waals surface area contributed by atoms with Crippen molar-refractivity contribution in [2.75, 3.05) is 0 Å². The Morgan fingerprint density at radius 1 is 1.29 bits per heavy atom. The van der Waals surface area contributed by atoms with Gasteiger partial charge in [0, 0.05) is 18.5 Å². The summed E-state index contributed by atoms with van der Waals surface area (Å²) in [4.78, 5) is 36.5. The Morgan fingerprint density at radius 2 is 2.00 bits per heavy atom. The van der Waals surface area contributed by atoms with E-state index >= 15 is 0 Å². The molecular formula is C14H12F2N2O3. The molecule has 0 bridgehead atoms. The van der Waals surface area contributed by atoms with E-state index < -0.39 is 29.5 Å². The van der Waals surface area contributed by atoms with E-state index in [-0.39, 0.29) is 36.4 Å². The molecule has 21 heavy (non-hydrogen) atoms. The first-order valence-corrected chi connectivity index (χ1v) is 6.52. The van der Waals surface area contributed by atoms with Crippen LogP contribution < -0.4 is 5.32 Å². The van der Waals surface area contributed by atoms with Crippen molar-refractivity contribution in [2.24, 2.45) is 0 Å². The Kier molecular flexibility index (Phi) is 3.00. The zero-order chi connectivity index (χ0) is 15.3. The minimum atomic E-state index is -1.08. The molecule has 0 radical (unpaired) electrons. The molecule has 1 aromatic carbocycles. The average Bonchev–Trinajstić information content (AvgIpc) is 2.74. The summed E-state index contributed by atoms with van der Waals surface area (Å²) in [6.45, 7) is 1.45. The number of imide groups is 1. The molecule has 2 aliphatic heterocycles. The van der Waals surface area contributed by atoms with Crippen LogP contribution in [0.2, 0.25) is 0 Å². The summed E-state index contributed by atoms with van der Waals surface area (Å²) in [6, 6.07) is 0.0828. The number of piperidine rings is 1. The number of nitrogens with one attached hydrogen (secondary N) is 1. The minimum Gasteiger partial charge on any atom is -0.322 e. The third-order valence-corrected chi connectivity index (χ3v) is 3.99. The number of hydrogen-bond donors (Lipinski definition) is 1. The zero-order valence-electron chi connectivity index (χ0n) is 11.2. The van der Waals surface area contributed by atoms with E-state index in [1.807, 2.05) is 0 Å². The maximum atomic E-state index is 13.6. The van der Waals surface area contributed by atoms with Gasteiger partial charge in [-0.25, -0.2) is 8.78 Å². The molecular weight excluding hydrogens is 282 g/mol. The molecule has 1 aromatic rings. The van der Waals surface area contributed by atoms with Gasteiger partial charge in [0.25, 0.3) is 5.91 Å². The van der Waals surface area contributed by atoms with Gasteiger partial charge in [0.15, 0.2) is 11.6 Å². The number of rotatable bonds is 1. The van der Waals surface area contributed by atoms with Gasteiger partial charge < -0.3 is 4.90 Å². The second kappa shape index (κ2) is 4.61. The van der Waals surface area contributed by atoms with Crippen molar-refractivity contribution in [2.45, 2.75) is 32.4 Å². The summed E-state index contributed by atoms with van der Waals surface area (Å²) in [6.07, 6.45) is 0.354. The smallest absolute Gasteiger partial charge is 0.255 e. The zero-order valence-corrected chi connectivity index (χ0v) is 11.2. The standard InChI is InChI=1S/C14H12F2N2O3/c1-6-8-5-18(10-2-3-11(19)17-13(10)20)14(21)7(8)4-9(15)12(6)16/h4,10H,2-3,5H2,1H3,(H,17,19,20). The normalized spacial score (nSPS) is 21.6. The summed E-state index contributed by atoms with van der Waals surface area (Å²) in [7, 11) is 0. The number of benzene rings is 1. The summed E-state index contributed by atoms with van der Waals surface area (Å²) in [5, 5.41) is 2.17. The van der Waals surface area contributed by atoms with Crippen LogP contribution in [0, 0.1) is 18.6 Å². The van der Waals surface area contributed by atoms with Crippen LogP contribution in [0.1, 0.15) is 34.3 Å². The Balaban J connectivity index is 1.96. The lowest BCUT2D eigenvalue weighted by molar-refractivity contribution is -0.136. The van der Waals surface area contributed by atoms with Crippen LogP contribution in [0.5, 0.6) is 0 Å². The largest absolute Gasteiger partial charge is 0.322 e. The van der Waals surface area contributed by atoms with Crippen LogP contribution in [-0.2, 0) is 16.1 Å². The van der Waals surface area contributed by atoms with Gasteiger partial charge in [-0.3, -0.25) is 19.7 Å². The third kappa shape index (κ3) is 2.00. The monoisotopic (exact) mass is 294 g/mol. The molecule has 1 N–H and O–H groups in total. The molecule has 2 heterocycles. The highest BCUT2D eigenvalue weighted by Crippen LogP contribution is 2.31. The van der Waals surface area contributed by atoms with Crippen molar-refractivity contribution in [3.8, 4) is 0 Å². The number of fused-ring (bicyclic) bond motifs is 1. The fourth-order valence-corrected chi connectivity index (χ4v) is 2.81. The second-order valence-corrected chi connectivity index (χ2v) is 5.22. The first kappa shape index (κ1) is 13.7. The van der Waals surface area contributed by atoms with Gasteiger partial charge in [-0.05, 0) is 30.5 Å². The van der Waals surface area contributed by atoms with Crippen LogP contribution in [0.25, 0.3) is 0 Å². The van der Waals surface area contributed by atoms with Crippen molar-refractivity contribution < 1.29 is 23.2 Å². The quantitative estimate of drug-likeness (QED) is 0.787. The molecule has 5 nitrogen and oxygen atoms in total. The first-order chi connectivity index (χ1) is 9.90.